The summed E-state index contributed by atoms with van der Waals surface area (Å²) < 4.78 is 25.1. The fourth-order valence-corrected chi connectivity index (χ4v) is 3.00. The standard InChI is InChI=1S/C20H19ClFN3O4S/c1-3-15(22)11(2)28-13-6-4-12(5-7-13)24-20(27)25(30)19(26)17-10-14-16(29-17)8-9-23-18(14)21/h4-11,15,30H,3H2,1-2H3,(H,24,27). The Morgan fingerprint density at radius 1 is 1.33 bits per heavy atom. The number of carbonyl (C=O) groups is 2. The van der Waals surface area contributed by atoms with E-state index < -0.39 is 24.2 Å². The lowest BCUT2D eigenvalue weighted by molar-refractivity contribution is 0.0875. The number of ether oxygens (including phenoxy) is 1. The maximum Gasteiger partial charge on any atom is 0.339 e. The van der Waals surface area contributed by atoms with Crippen molar-refractivity contribution in [2.24, 2.45) is 0 Å². The van der Waals surface area contributed by atoms with E-state index in [1.165, 1.54) is 12.3 Å². The van der Waals surface area contributed by atoms with Gasteiger partial charge in [-0.15, -0.1) is 0 Å². The molecule has 0 bridgehead atoms. The van der Waals surface area contributed by atoms with Crippen LogP contribution in [-0.2, 0) is 0 Å². The SMILES string of the molecule is CCC(F)C(C)Oc1ccc(NC(=O)N(S)C(=O)c2cc3c(Cl)nccc3o2)cc1. The van der Waals surface area contributed by atoms with Gasteiger partial charge in [0.2, 0.25) is 0 Å². The quantitative estimate of drug-likeness (QED) is 0.381. The molecule has 2 atom stereocenters. The largest absolute Gasteiger partial charge is 0.488 e. The molecule has 1 N–H and O–H groups in total. The van der Waals surface area contributed by atoms with Crippen LogP contribution < -0.4 is 10.1 Å². The number of thiol groups is 1. The van der Waals surface area contributed by atoms with Crippen molar-refractivity contribution in [2.45, 2.75) is 32.5 Å². The molecule has 3 amide bonds. The summed E-state index contributed by atoms with van der Waals surface area (Å²) in [5.41, 5.74) is 0.764. The molecule has 0 saturated carbocycles. The zero-order chi connectivity index (χ0) is 21.8. The number of hydrogen-bond acceptors (Lipinski definition) is 6. The summed E-state index contributed by atoms with van der Waals surface area (Å²) in [7, 11) is 0. The lowest BCUT2D eigenvalue weighted by atomic mass is 10.2. The molecule has 158 valence electrons. The molecule has 3 aromatic rings. The van der Waals surface area contributed by atoms with Crippen molar-refractivity contribution >= 4 is 53.0 Å². The number of rotatable bonds is 6. The number of nitrogens with zero attached hydrogens (tertiary/aromatic N) is 2. The number of alkyl halides is 1. The van der Waals surface area contributed by atoms with Crippen molar-refractivity contribution in [3.8, 4) is 5.75 Å². The first kappa shape index (κ1) is 21.9. The predicted molar refractivity (Wildman–Crippen MR) is 115 cm³/mol. The highest BCUT2D eigenvalue weighted by molar-refractivity contribution is 7.79. The molecular weight excluding hydrogens is 433 g/mol. The molecule has 2 unspecified atom stereocenters. The summed E-state index contributed by atoms with van der Waals surface area (Å²) in [5.74, 6) is -0.423. The minimum absolute atomic E-state index is 0.112. The van der Waals surface area contributed by atoms with Gasteiger partial charge in [0.05, 0.1) is 5.39 Å². The van der Waals surface area contributed by atoms with Gasteiger partial charge in [0.1, 0.15) is 28.8 Å². The van der Waals surface area contributed by atoms with Gasteiger partial charge in [-0.2, -0.15) is 0 Å². The molecule has 30 heavy (non-hydrogen) atoms. The van der Waals surface area contributed by atoms with Crippen molar-refractivity contribution in [3.05, 3.63) is 53.5 Å². The van der Waals surface area contributed by atoms with E-state index in [1.54, 1.807) is 44.2 Å². The Morgan fingerprint density at radius 2 is 2.03 bits per heavy atom. The van der Waals surface area contributed by atoms with Crippen molar-refractivity contribution < 1.29 is 23.1 Å². The fourth-order valence-electron chi connectivity index (χ4n) is 2.65. The maximum absolute atomic E-state index is 13.6. The summed E-state index contributed by atoms with van der Waals surface area (Å²) in [5, 5.41) is 3.16. The van der Waals surface area contributed by atoms with Gasteiger partial charge < -0.3 is 14.5 Å². The first-order valence-electron chi connectivity index (χ1n) is 9.09. The minimum Gasteiger partial charge on any atom is -0.488 e. The van der Waals surface area contributed by atoms with Crippen LogP contribution in [0.5, 0.6) is 5.75 Å². The molecule has 2 heterocycles. The zero-order valence-electron chi connectivity index (χ0n) is 16.1. The van der Waals surface area contributed by atoms with Gasteiger partial charge >= 0.3 is 11.9 Å². The number of carbonyl (C=O) groups excluding carboxylic acids is 2. The van der Waals surface area contributed by atoms with Gasteiger partial charge in [-0.05, 0) is 43.7 Å². The van der Waals surface area contributed by atoms with Crippen LogP contribution >= 0.6 is 24.4 Å². The van der Waals surface area contributed by atoms with E-state index in [4.69, 9.17) is 20.8 Å². The van der Waals surface area contributed by atoms with E-state index in [1.807, 2.05) is 0 Å². The van der Waals surface area contributed by atoms with Crippen LogP contribution in [0.1, 0.15) is 30.8 Å². The third-order valence-corrected chi connectivity index (χ3v) is 4.98. The summed E-state index contributed by atoms with van der Waals surface area (Å²) >= 11 is 9.93. The zero-order valence-corrected chi connectivity index (χ0v) is 17.8. The van der Waals surface area contributed by atoms with Crippen LogP contribution in [0, 0.1) is 0 Å². The highest BCUT2D eigenvalue weighted by Gasteiger charge is 2.24. The van der Waals surface area contributed by atoms with Crippen molar-refractivity contribution in [1.82, 2.24) is 9.29 Å². The van der Waals surface area contributed by atoms with E-state index in [-0.39, 0.29) is 10.9 Å². The number of nitrogens with one attached hydrogen (secondary N) is 1. The highest BCUT2D eigenvalue weighted by atomic mass is 35.5. The van der Waals surface area contributed by atoms with Gasteiger partial charge in [0.25, 0.3) is 0 Å². The van der Waals surface area contributed by atoms with E-state index >= 15 is 0 Å². The third kappa shape index (κ3) is 4.85. The number of urea groups is 1. The molecule has 0 aliphatic rings. The molecule has 2 aromatic heterocycles. The fraction of sp³-hybridized carbons (Fsp3) is 0.250. The number of benzene rings is 1. The minimum atomic E-state index is -1.07. The number of hydrogen-bond donors (Lipinski definition) is 2. The van der Waals surface area contributed by atoms with Gasteiger partial charge in [0, 0.05) is 18.0 Å². The molecule has 3 rings (SSSR count). The summed E-state index contributed by atoms with van der Waals surface area (Å²) in [4.78, 5) is 28.8. The first-order valence-corrected chi connectivity index (χ1v) is 9.87. The van der Waals surface area contributed by atoms with Crippen molar-refractivity contribution in [1.29, 1.82) is 0 Å². The van der Waals surface area contributed by atoms with Gasteiger partial charge in [-0.1, -0.05) is 31.3 Å². The molecular formula is C20H19ClFN3O4S. The van der Waals surface area contributed by atoms with Gasteiger partial charge in [-0.3, -0.25) is 4.79 Å². The average molecular weight is 452 g/mol. The van der Waals surface area contributed by atoms with Crippen molar-refractivity contribution in [2.75, 3.05) is 5.32 Å². The molecule has 10 heteroatoms. The lowest BCUT2D eigenvalue weighted by Gasteiger charge is -2.18. The van der Waals surface area contributed by atoms with Crippen LogP contribution in [0.2, 0.25) is 5.15 Å². The molecule has 0 aliphatic carbocycles. The Kier molecular flexibility index (Phi) is 6.84. The lowest BCUT2D eigenvalue weighted by Crippen LogP contribution is -2.32. The third-order valence-electron chi connectivity index (χ3n) is 4.32. The molecule has 7 nitrogen and oxygen atoms in total. The Bertz CT molecular complexity index is 1060. The van der Waals surface area contributed by atoms with E-state index in [2.05, 4.69) is 23.1 Å². The van der Waals surface area contributed by atoms with Crippen LogP contribution in [0.15, 0.2) is 47.0 Å². The molecule has 1 aromatic carbocycles. The number of furan rings is 1. The molecule has 0 aliphatic heterocycles. The molecule has 0 spiro atoms. The molecule has 0 fully saturated rings. The number of imide groups is 1. The van der Waals surface area contributed by atoms with E-state index in [0.717, 1.165) is 0 Å². The van der Waals surface area contributed by atoms with E-state index in [9.17, 15) is 14.0 Å². The second kappa shape index (κ2) is 9.36. The Hall–Kier alpha value is -2.78. The number of amides is 3. The Morgan fingerprint density at radius 3 is 2.67 bits per heavy atom. The monoisotopic (exact) mass is 451 g/mol. The topological polar surface area (TPSA) is 84.7 Å². The second-order valence-electron chi connectivity index (χ2n) is 6.44. The summed E-state index contributed by atoms with van der Waals surface area (Å²) in [6, 6.07) is 8.48. The first-order chi connectivity index (χ1) is 14.3. The number of fused-ring (bicyclic) bond motifs is 1. The van der Waals surface area contributed by atoms with Crippen LogP contribution in [0.3, 0.4) is 0 Å². The number of halogens is 2. The van der Waals surface area contributed by atoms with Crippen LogP contribution in [0.25, 0.3) is 11.0 Å². The molecule has 0 radical (unpaired) electrons. The Labute approximate surface area is 182 Å². The maximum atomic E-state index is 13.6. The summed E-state index contributed by atoms with van der Waals surface area (Å²) in [6.45, 7) is 3.39. The average Bonchev–Trinajstić information content (AvgIpc) is 3.19. The summed E-state index contributed by atoms with van der Waals surface area (Å²) in [6.07, 6.45) is 0.137. The number of anilines is 1. The number of aromatic nitrogens is 1. The van der Waals surface area contributed by atoms with Crippen molar-refractivity contribution in [3.63, 3.8) is 0 Å². The Balaban J connectivity index is 1.64. The van der Waals surface area contributed by atoms with Crippen LogP contribution in [0.4, 0.5) is 14.9 Å². The molecule has 0 saturated heterocycles. The normalized spacial score (nSPS) is 13.0. The second-order valence-corrected chi connectivity index (χ2v) is 7.20. The van der Waals surface area contributed by atoms with Gasteiger partial charge in [0.15, 0.2) is 5.76 Å². The van der Waals surface area contributed by atoms with Gasteiger partial charge in [-0.25, -0.2) is 18.5 Å². The highest BCUT2D eigenvalue weighted by Crippen LogP contribution is 2.26. The number of pyridine rings is 1. The van der Waals surface area contributed by atoms with E-state index in [0.29, 0.717) is 33.1 Å². The predicted octanol–water partition coefficient (Wildman–Crippen LogP) is 5.52. The smallest absolute Gasteiger partial charge is 0.339 e. The van der Waals surface area contributed by atoms with Crippen LogP contribution in [-0.4, -0.2) is 33.5 Å².